The molecule has 1 aliphatic heterocycles. The van der Waals surface area contributed by atoms with Crippen LogP contribution in [0.2, 0.25) is 0 Å². The number of hydrogen-bond donors (Lipinski definition) is 0. The number of halogens is 1. The van der Waals surface area contributed by atoms with Crippen molar-refractivity contribution in [1.29, 1.82) is 0 Å². The van der Waals surface area contributed by atoms with Gasteiger partial charge in [0.25, 0.3) is 0 Å². The minimum absolute atomic E-state index is 0.388. The molecular formula is C12H16BrNO2. The van der Waals surface area contributed by atoms with E-state index in [0.29, 0.717) is 0 Å². The van der Waals surface area contributed by atoms with Gasteiger partial charge in [-0.3, -0.25) is 4.90 Å². The van der Waals surface area contributed by atoms with Gasteiger partial charge in [-0.1, -0.05) is 34.1 Å². The van der Waals surface area contributed by atoms with Crippen molar-refractivity contribution >= 4 is 15.9 Å². The van der Waals surface area contributed by atoms with Crippen LogP contribution in [0.15, 0.2) is 28.7 Å². The van der Waals surface area contributed by atoms with Crippen LogP contribution in [0.1, 0.15) is 5.56 Å². The molecule has 1 heterocycles. The number of methoxy groups -OCH3 is 2. The first-order valence-electron chi connectivity index (χ1n) is 5.25. The van der Waals surface area contributed by atoms with E-state index in [1.54, 1.807) is 14.2 Å². The second-order valence-corrected chi connectivity index (χ2v) is 4.91. The second-order valence-electron chi connectivity index (χ2n) is 4.06. The number of benzene rings is 1. The molecule has 0 aliphatic carbocycles. The lowest BCUT2D eigenvalue weighted by molar-refractivity contribution is -0.277. The SMILES string of the molecule is COC1(OC)CN(Cc2ccccc2Br)C1. The minimum atomic E-state index is -0.388. The molecule has 0 N–H and O–H groups in total. The highest BCUT2D eigenvalue weighted by Crippen LogP contribution is 2.28. The summed E-state index contributed by atoms with van der Waals surface area (Å²) in [5, 5.41) is 0. The maximum atomic E-state index is 5.35. The molecule has 16 heavy (non-hydrogen) atoms. The van der Waals surface area contributed by atoms with Gasteiger partial charge in [0.15, 0.2) is 5.79 Å². The molecule has 4 heteroatoms. The van der Waals surface area contributed by atoms with E-state index in [4.69, 9.17) is 9.47 Å². The van der Waals surface area contributed by atoms with Crippen LogP contribution in [0, 0.1) is 0 Å². The normalized spacial score (nSPS) is 19.4. The molecule has 0 amide bonds. The standard InChI is InChI=1S/C12H16BrNO2/c1-15-12(16-2)8-14(9-12)7-10-5-3-4-6-11(10)13/h3-6H,7-9H2,1-2H3. The zero-order chi connectivity index (χ0) is 11.6. The smallest absolute Gasteiger partial charge is 0.193 e. The van der Waals surface area contributed by atoms with Gasteiger partial charge < -0.3 is 9.47 Å². The molecule has 1 saturated heterocycles. The first kappa shape index (κ1) is 12.0. The molecule has 0 aromatic heterocycles. The van der Waals surface area contributed by atoms with Gasteiger partial charge in [0.05, 0.1) is 13.1 Å². The number of ether oxygens (including phenoxy) is 2. The summed E-state index contributed by atoms with van der Waals surface area (Å²) in [7, 11) is 3.39. The van der Waals surface area contributed by atoms with Crippen molar-refractivity contribution in [2.45, 2.75) is 12.3 Å². The van der Waals surface area contributed by atoms with Gasteiger partial charge in [-0.25, -0.2) is 0 Å². The Morgan fingerprint density at radius 1 is 1.25 bits per heavy atom. The highest BCUT2D eigenvalue weighted by molar-refractivity contribution is 9.10. The molecule has 0 atom stereocenters. The third kappa shape index (κ3) is 2.30. The van der Waals surface area contributed by atoms with Gasteiger partial charge in [-0.05, 0) is 11.6 Å². The first-order valence-corrected chi connectivity index (χ1v) is 6.04. The molecule has 1 aromatic carbocycles. The Balaban J connectivity index is 1.93. The van der Waals surface area contributed by atoms with Crippen LogP contribution in [-0.4, -0.2) is 38.0 Å². The predicted molar refractivity (Wildman–Crippen MR) is 66.2 cm³/mol. The second kappa shape index (κ2) is 4.84. The quantitative estimate of drug-likeness (QED) is 0.792. The molecule has 0 saturated carbocycles. The van der Waals surface area contributed by atoms with Crippen molar-refractivity contribution in [3.63, 3.8) is 0 Å². The lowest BCUT2D eigenvalue weighted by atomic mass is 10.1. The van der Waals surface area contributed by atoms with Crippen LogP contribution >= 0.6 is 15.9 Å². The van der Waals surface area contributed by atoms with Crippen LogP contribution in [0.4, 0.5) is 0 Å². The van der Waals surface area contributed by atoms with Gasteiger partial charge in [0.1, 0.15) is 0 Å². The fourth-order valence-corrected chi connectivity index (χ4v) is 2.37. The van der Waals surface area contributed by atoms with E-state index in [1.165, 1.54) is 5.56 Å². The van der Waals surface area contributed by atoms with E-state index in [-0.39, 0.29) is 5.79 Å². The molecule has 0 unspecified atom stereocenters. The highest BCUT2D eigenvalue weighted by atomic mass is 79.9. The maximum absolute atomic E-state index is 5.35. The van der Waals surface area contributed by atoms with Crippen molar-refractivity contribution in [3.05, 3.63) is 34.3 Å². The van der Waals surface area contributed by atoms with Gasteiger partial charge in [0.2, 0.25) is 0 Å². The highest BCUT2D eigenvalue weighted by Gasteiger charge is 2.43. The fraction of sp³-hybridized carbons (Fsp3) is 0.500. The third-order valence-corrected chi connectivity index (χ3v) is 3.80. The molecule has 0 spiro atoms. The van der Waals surface area contributed by atoms with E-state index in [0.717, 1.165) is 24.1 Å². The molecule has 0 bridgehead atoms. The largest absolute Gasteiger partial charge is 0.351 e. The zero-order valence-electron chi connectivity index (χ0n) is 9.57. The summed E-state index contributed by atoms with van der Waals surface area (Å²) in [6.07, 6.45) is 0. The Labute approximate surface area is 104 Å². The summed E-state index contributed by atoms with van der Waals surface area (Å²) >= 11 is 3.55. The zero-order valence-corrected chi connectivity index (χ0v) is 11.2. The van der Waals surface area contributed by atoms with Gasteiger partial charge in [0, 0.05) is 25.2 Å². The number of rotatable bonds is 4. The van der Waals surface area contributed by atoms with E-state index in [1.807, 2.05) is 6.07 Å². The molecule has 0 radical (unpaired) electrons. The Morgan fingerprint density at radius 3 is 2.44 bits per heavy atom. The molecular weight excluding hydrogens is 270 g/mol. The van der Waals surface area contributed by atoms with Crippen molar-refractivity contribution in [2.75, 3.05) is 27.3 Å². The van der Waals surface area contributed by atoms with Crippen molar-refractivity contribution in [1.82, 2.24) is 4.90 Å². The van der Waals surface area contributed by atoms with Crippen molar-refractivity contribution in [2.24, 2.45) is 0 Å². The Morgan fingerprint density at radius 2 is 1.88 bits per heavy atom. The maximum Gasteiger partial charge on any atom is 0.193 e. The van der Waals surface area contributed by atoms with Gasteiger partial charge in [-0.15, -0.1) is 0 Å². The summed E-state index contributed by atoms with van der Waals surface area (Å²) in [5.74, 6) is -0.388. The topological polar surface area (TPSA) is 21.7 Å². The van der Waals surface area contributed by atoms with E-state index in [9.17, 15) is 0 Å². The molecule has 1 aliphatic rings. The lowest BCUT2D eigenvalue weighted by Gasteiger charge is -2.47. The van der Waals surface area contributed by atoms with Crippen molar-refractivity contribution < 1.29 is 9.47 Å². The monoisotopic (exact) mass is 285 g/mol. The van der Waals surface area contributed by atoms with Crippen molar-refractivity contribution in [3.8, 4) is 0 Å². The molecule has 2 rings (SSSR count). The Hall–Kier alpha value is -0.420. The van der Waals surface area contributed by atoms with E-state index in [2.05, 4.69) is 39.0 Å². The number of hydrogen-bond acceptors (Lipinski definition) is 3. The number of nitrogens with zero attached hydrogens (tertiary/aromatic N) is 1. The first-order chi connectivity index (χ1) is 7.69. The summed E-state index contributed by atoms with van der Waals surface area (Å²) in [6, 6.07) is 8.27. The van der Waals surface area contributed by atoms with Crippen LogP contribution < -0.4 is 0 Å². The average molecular weight is 286 g/mol. The van der Waals surface area contributed by atoms with Crippen LogP contribution in [0.3, 0.4) is 0 Å². The molecule has 1 aromatic rings. The van der Waals surface area contributed by atoms with Crippen LogP contribution in [0.5, 0.6) is 0 Å². The summed E-state index contributed by atoms with van der Waals surface area (Å²) < 4.78 is 11.8. The molecule has 3 nitrogen and oxygen atoms in total. The van der Waals surface area contributed by atoms with Gasteiger partial charge >= 0.3 is 0 Å². The summed E-state index contributed by atoms with van der Waals surface area (Å²) in [5.41, 5.74) is 1.29. The third-order valence-electron chi connectivity index (χ3n) is 3.02. The van der Waals surface area contributed by atoms with Gasteiger partial charge in [-0.2, -0.15) is 0 Å². The lowest BCUT2D eigenvalue weighted by Crippen LogP contribution is -2.63. The average Bonchev–Trinajstić information content (AvgIpc) is 2.25. The van der Waals surface area contributed by atoms with Crippen LogP contribution in [0.25, 0.3) is 0 Å². The Bertz CT molecular complexity index is 358. The molecule has 88 valence electrons. The van der Waals surface area contributed by atoms with E-state index >= 15 is 0 Å². The Kier molecular flexibility index (Phi) is 3.64. The van der Waals surface area contributed by atoms with Crippen LogP contribution in [-0.2, 0) is 16.0 Å². The summed E-state index contributed by atoms with van der Waals surface area (Å²) in [4.78, 5) is 2.30. The number of likely N-dealkylation sites (tertiary alicyclic amines) is 1. The minimum Gasteiger partial charge on any atom is -0.351 e. The fourth-order valence-electron chi connectivity index (χ4n) is 1.96. The summed E-state index contributed by atoms with van der Waals surface area (Å²) in [6.45, 7) is 2.57. The predicted octanol–water partition coefficient (Wildman–Crippen LogP) is 2.25. The van der Waals surface area contributed by atoms with E-state index < -0.39 is 0 Å². The molecule has 1 fully saturated rings.